The number of methoxy groups -OCH3 is 1. The monoisotopic (exact) mass is 393 g/mol. The van der Waals surface area contributed by atoms with Gasteiger partial charge in [-0.3, -0.25) is 4.72 Å². The highest BCUT2D eigenvalue weighted by Crippen LogP contribution is 2.38. The first-order valence-electron chi connectivity index (χ1n) is 7.26. The summed E-state index contributed by atoms with van der Waals surface area (Å²) in [4.78, 5) is 14.2. The number of thiophene rings is 2. The molecule has 1 N–H and O–H groups in total. The van der Waals surface area contributed by atoms with Gasteiger partial charge in [-0.1, -0.05) is 23.8 Å². The molecule has 0 unspecified atom stereocenters. The van der Waals surface area contributed by atoms with Crippen molar-refractivity contribution in [2.75, 3.05) is 11.8 Å². The number of hydrogen-bond acceptors (Lipinski definition) is 6. The first kappa shape index (κ1) is 17.7. The lowest BCUT2D eigenvalue weighted by atomic mass is 10.2. The SMILES string of the molecule is COC(=O)c1sc(-c2cccs2)cc1NS(=O)(=O)c1ccc(C)cc1. The Bertz CT molecular complexity index is 987. The van der Waals surface area contributed by atoms with Crippen molar-refractivity contribution in [3.63, 3.8) is 0 Å². The molecule has 3 aromatic rings. The number of aryl methyl sites for hydroxylation is 1. The lowest BCUT2D eigenvalue weighted by Crippen LogP contribution is -2.14. The molecule has 0 bridgehead atoms. The van der Waals surface area contributed by atoms with E-state index in [0.717, 1.165) is 15.3 Å². The number of ether oxygens (including phenoxy) is 1. The van der Waals surface area contributed by atoms with Crippen molar-refractivity contribution in [2.24, 2.45) is 0 Å². The van der Waals surface area contributed by atoms with E-state index < -0.39 is 16.0 Å². The standard InChI is InChI=1S/C17H15NO4S3/c1-11-5-7-12(8-6-11)25(20,21)18-13-10-15(14-4-3-9-23-14)24-16(13)17(19)22-2/h3-10,18H,1-2H3. The van der Waals surface area contributed by atoms with Crippen molar-refractivity contribution in [2.45, 2.75) is 11.8 Å². The molecule has 0 amide bonds. The number of sulfonamides is 1. The summed E-state index contributed by atoms with van der Waals surface area (Å²) in [5.74, 6) is -0.575. The van der Waals surface area contributed by atoms with E-state index >= 15 is 0 Å². The third-order valence-corrected chi connectivity index (χ3v) is 7.00. The van der Waals surface area contributed by atoms with Crippen molar-refractivity contribution in [1.29, 1.82) is 0 Å². The minimum atomic E-state index is -3.80. The van der Waals surface area contributed by atoms with E-state index in [9.17, 15) is 13.2 Å². The normalized spacial score (nSPS) is 11.3. The highest BCUT2D eigenvalue weighted by Gasteiger charge is 2.23. The average Bonchev–Trinajstić information content (AvgIpc) is 3.23. The van der Waals surface area contributed by atoms with Gasteiger partial charge in [0.2, 0.25) is 0 Å². The maximum atomic E-state index is 12.6. The largest absolute Gasteiger partial charge is 0.465 e. The van der Waals surface area contributed by atoms with Crippen LogP contribution in [0.2, 0.25) is 0 Å². The van der Waals surface area contributed by atoms with Gasteiger partial charge in [-0.2, -0.15) is 0 Å². The summed E-state index contributed by atoms with van der Waals surface area (Å²) < 4.78 is 32.5. The lowest BCUT2D eigenvalue weighted by Gasteiger charge is -2.08. The topological polar surface area (TPSA) is 72.5 Å². The Morgan fingerprint density at radius 2 is 1.84 bits per heavy atom. The molecule has 0 fully saturated rings. The van der Waals surface area contributed by atoms with Crippen LogP contribution < -0.4 is 4.72 Å². The minimum Gasteiger partial charge on any atom is -0.465 e. The molecule has 2 heterocycles. The van der Waals surface area contributed by atoms with Crippen LogP contribution in [0.25, 0.3) is 9.75 Å². The van der Waals surface area contributed by atoms with Crippen LogP contribution in [0.3, 0.4) is 0 Å². The number of benzene rings is 1. The van der Waals surface area contributed by atoms with Crippen LogP contribution in [0.5, 0.6) is 0 Å². The molecule has 0 saturated heterocycles. The van der Waals surface area contributed by atoms with Gasteiger partial charge in [-0.25, -0.2) is 13.2 Å². The highest BCUT2D eigenvalue weighted by molar-refractivity contribution is 7.92. The Labute approximate surface area is 154 Å². The first-order valence-corrected chi connectivity index (χ1v) is 10.4. The Morgan fingerprint density at radius 3 is 2.44 bits per heavy atom. The highest BCUT2D eigenvalue weighted by atomic mass is 32.2. The molecule has 0 aliphatic heterocycles. The quantitative estimate of drug-likeness (QED) is 0.653. The zero-order chi connectivity index (χ0) is 18.0. The van der Waals surface area contributed by atoms with E-state index in [1.54, 1.807) is 18.2 Å². The van der Waals surface area contributed by atoms with Crippen LogP contribution in [0.1, 0.15) is 15.2 Å². The lowest BCUT2D eigenvalue weighted by molar-refractivity contribution is 0.0607. The summed E-state index contributed by atoms with van der Waals surface area (Å²) in [7, 11) is -2.53. The predicted molar refractivity (Wildman–Crippen MR) is 101 cm³/mol. The molecular formula is C17H15NO4S3. The van der Waals surface area contributed by atoms with Crippen LogP contribution in [-0.4, -0.2) is 21.5 Å². The molecule has 0 radical (unpaired) electrons. The van der Waals surface area contributed by atoms with Crippen LogP contribution in [-0.2, 0) is 14.8 Å². The summed E-state index contributed by atoms with van der Waals surface area (Å²) in [6, 6.07) is 12.0. The maximum Gasteiger partial charge on any atom is 0.350 e. The number of carbonyl (C=O) groups is 1. The Kier molecular flexibility index (Phi) is 4.94. The average molecular weight is 394 g/mol. The minimum absolute atomic E-state index is 0.137. The molecule has 2 aromatic heterocycles. The van der Waals surface area contributed by atoms with Crippen molar-refractivity contribution in [3.8, 4) is 9.75 Å². The van der Waals surface area contributed by atoms with E-state index in [1.807, 2.05) is 24.4 Å². The van der Waals surface area contributed by atoms with Crippen LogP contribution in [0.4, 0.5) is 5.69 Å². The predicted octanol–water partition coefficient (Wildman–Crippen LogP) is 4.37. The molecule has 1 aromatic carbocycles. The van der Waals surface area contributed by atoms with Gasteiger partial charge in [0.25, 0.3) is 10.0 Å². The number of nitrogens with one attached hydrogen (secondary N) is 1. The number of carbonyl (C=O) groups excluding carboxylic acids is 1. The second-order valence-corrected chi connectivity index (χ2v) is 8.92. The Morgan fingerprint density at radius 1 is 1.12 bits per heavy atom. The maximum absolute atomic E-state index is 12.6. The molecule has 0 atom stereocenters. The molecule has 130 valence electrons. The Balaban J connectivity index is 2.01. The summed E-state index contributed by atoms with van der Waals surface area (Å²) in [5, 5.41) is 1.92. The van der Waals surface area contributed by atoms with E-state index in [0.29, 0.717) is 0 Å². The van der Waals surface area contributed by atoms with Gasteiger partial charge >= 0.3 is 5.97 Å². The van der Waals surface area contributed by atoms with Gasteiger partial charge < -0.3 is 4.74 Å². The fourth-order valence-electron chi connectivity index (χ4n) is 2.17. The molecule has 0 saturated carbocycles. The molecule has 5 nitrogen and oxygen atoms in total. The molecule has 25 heavy (non-hydrogen) atoms. The van der Waals surface area contributed by atoms with E-state index in [2.05, 4.69) is 4.72 Å². The molecule has 3 rings (SSSR count). The van der Waals surface area contributed by atoms with Gasteiger partial charge in [0.1, 0.15) is 4.88 Å². The summed E-state index contributed by atoms with van der Waals surface area (Å²) in [5.41, 5.74) is 1.19. The Hall–Kier alpha value is -2.16. The summed E-state index contributed by atoms with van der Waals surface area (Å²) in [6.45, 7) is 1.88. The zero-order valence-electron chi connectivity index (χ0n) is 13.5. The van der Waals surface area contributed by atoms with Crippen LogP contribution >= 0.6 is 22.7 Å². The first-order chi connectivity index (χ1) is 11.9. The third kappa shape index (κ3) is 3.76. The van der Waals surface area contributed by atoms with E-state index in [4.69, 9.17) is 4.74 Å². The van der Waals surface area contributed by atoms with Crippen molar-refractivity contribution < 1.29 is 17.9 Å². The van der Waals surface area contributed by atoms with Gasteiger partial charge in [0.15, 0.2) is 0 Å². The second-order valence-electron chi connectivity index (χ2n) is 5.24. The second kappa shape index (κ2) is 6.99. The number of esters is 1. The van der Waals surface area contributed by atoms with Crippen LogP contribution in [0.15, 0.2) is 52.7 Å². The van der Waals surface area contributed by atoms with E-state index in [-0.39, 0.29) is 15.5 Å². The van der Waals surface area contributed by atoms with E-state index in [1.165, 1.54) is 41.9 Å². The van der Waals surface area contributed by atoms with Gasteiger partial charge in [-0.15, -0.1) is 22.7 Å². The summed E-state index contributed by atoms with van der Waals surface area (Å²) >= 11 is 2.71. The van der Waals surface area contributed by atoms with Crippen molar-refractivity contribution in [1.82, 2.24) is 0 Å². The summed E-state index contributed by atoms with van der Waals surface area (Å²) in [6.07, 6.45) is 0. The number of hydrogen-bond donors (Lipinski definition) is 1. The van der Waals surface area contributed by atoms with Gasteiger partial charge in [0.05, 0.1) is 17.7 Å². The fraction of sp³-hybridized carbons (Fsp3) is 0.118. The third-order valence-electron chi connectivity index (χ3n) is 3.44. The molecule has 8 heteroatoms. The molecule has 0 aliphatic rings. The smallest absolute Gasteiger partial charge is 0.350 e. The molecule has 0 aliphatic carbocycles. The number of anilines is 1. The molecular weight excluding hydrogens is 378 g/mol. The molecule has 0 spiro atoms. The van der Waals surface area contributed by atoms with Gasteiger partial charge in [0, 0.05) is 9.75 Å². The van der Waals surface area contributed by atoms with Crippen molar-refractivity contribution >= 4 is 44.4 Å². The van der Waals surface area contributed by atoms with Gasteiger partial charge in [-0.05, 0) is 36.6 Å². The van der Waals surface area contributed by atoms with Crippen molar-refractivity contribution in [3.05, 3.63) is 58.3 Å². The zero-order valence-corrected chi connectivity index (χ0v) is 15.9. The number of rotatable bonds is 5. The van der Waals surface area contributed by atoms with Crippen LogP contribution in [0, 0.1) is 6.92 Å². The fourth-order valence-corrected chi connectivity index (χ4v) is 5.16.